The van der Waals surface area contributed by atoms with Crippen LogP contribution in [0.5, 0.6) is 0 Å². The number of rotatable bonds is 7. The van der Waals surface area contributed by atoms with Crippen LogP contribution in [0, 0.1) is 5.92 Å². The zero-order valence-corrected chi connectivity index (χ0v) is 17.6. The number of benzene rings is 2. The molecule has 0 unspecified atom stereocenters. The van der Waals surface area contributed by atoms with Crippen LogP contribution in [0.15, 0.2) is 48.5 Å². The smallest absolute Gasteiger partial charge is 0.407 e. The van der Waals surface area contributed by atoms with Crippen molar-refractivity contribution in [3.05, 3.63) is 59.7 Å². The molecule has 0 radical (unpaired) electrons. The van der Waals surface area contributed by atoms with Gasteiger partial charge >= 0.3 is 12.1 Å². The molecule has 0 bridgehead atoms. The monoisotopic (exact) mass is 438 g/mol. The van der Waals surface area contributed by atoms with E-state index in [-0.39, 0.29) is 30.4 Å². The Morgan fingerprint density at radius 3 is 2.28 bits per heavy atom. The first-order chi connectivity index (χ1) is 15.5. The highest BCUT2D eigenvalue weighted by Gasteiger charge is 2.31. The van der Waals surface area contributed by atoms with Crippen molar-refractivity contribution in [1.82, 2.24) is 10.8 Å². The summed E-state index contributed by atoms with van der Waals surface area (Å²) in [7, 11) is 0. The molecule has 4 rings (SSSR count). The van der Waals surface area contributed by atoms with Crippen molar-refractivity contribution in [3.8, 4) is 11.1 Å². The summed E-state index contributed by atoms with van der Waals surface area (Å²) in [4.78, 5) is 39.8. The SMILES string of the molecule is O=C(O)CONC(=O)[C@@H]1CCC[C@@H](NC(=O)OCC2c3ccccc3-c3ccccc32)C1. The van der Waals surface area contributed by atoms with Crippen molar-refractivity contribution in [2.24, 2.45) is 5.92 Å². The summed E-state index contributed by atoms with van der Waals surface area (Å²) in [6.45, 7) is -0.362. The van der Waals surface area contributed by atoms with Crippen molar-refractivity contribution in [2.75, 3.05) is 13.2 Å². The molecule has 8 nitrogen and oxygen atoms in total. The van der Waals surface area contributed by atoms with Crippen LogP contribution in [-0.4, -0.2) is 42.3 Å². The standard InChI is InChI=1S/C24H26N2O6/c27-22(28)14-32-26-23(29)15-6-5-7-16(12-15)25-24(30)31-13-21-19-10-3-1-8-17(19)18-9-2-4-11-20(18)21/h1-4,8-11,15-16,21H,5-7,12-14H2,(H,25,30)(H,26,29)(H,27,28)/t15-,16-/m1/s1. The van der Waals surface area contributed by atoms with Crippen LogP contribution in [-0.2, 0) is 19.2 Å². The van der Waals surface area contributed by atoms with Crippen LogP contribution in [0.4, 0.5) is 4.79 Å². The minimum absolute atomic E-state index is 0.00980. The first-order valence-electron chi connectivity index (χ1n) is 10.8. The van der Waals surface area contributed by atoms with Crippen molar-refractivity contribution in [1.29, 1.82) is 0 Å². The number of ether oxygens (including phenoxy) is 1. The van der Waals surface area contributed by atoms with Gasteiger partial charge < -0.3 is 15.2 Å². The van der Waals surface area contributed by atoms with Crippen molar-refractivity contribution < 1.29 is 29.1 Å². The maximum Gasteiger partial charge on any atom is 0.407 e. The fourth-order valence-electron chi connectivity index (χ4n) is 4.62. The number of amides is 2. The number of carbonyl (C=O) groups is 3. The Kier molecular flexibility index (Phi) is 6.70. The molecule has 32 heavy (non-hydrogen) atoms. The van der Waals surface area contributed by atoms with Gasteiger partial charge in [-0.25, -0.2) is 15.1 Å². The Hall–Kier alpha value is -3.39. The fourth-order valence-corrected chi connectivity index (χ4v) is 4.62. The zero-order chi connectivity index (χ0) is 22.5. The van der Waals surface area contributed by atoms with Crippen LogP contribution < -0.4 is 10.8 Å². The van der Waals surface area contributed by atoms with Crippen LogP contribution in [0.25, 0.3) is 11.1 Å². The van der Waals surface area contributed by atoms with E-state index in [2.05, 4.69) is 39.9 Å². The molecule has 0 saturated heterocycles. The molecule has 2 aromatic carbocycles. The molecule has 8 heteroatoms. The Bertz CT molecular complexity index is 962. The summed E-state index contributed by atoms with van der Waals surface area (Å²) in [5.74, 6) is -1.89. The van der Waals surface area contributed by atoms with Gasteiger partial charge in [0.05, 0.1) is 0 Å². The van der Waals surface area contributed by atoms with Gasteiger partial charge in [-0.2, -0.15) is 0 Å². The Labute approximate surface area is 185 Å². The minimum atomic E-state index is -1.16. The number of hydrogen-bond donors (Lipinski definition) is 3. The maximum atomic E-state index is 12.5. The van der Waals surface area contributed by atoms with Gasteiger partial charge in [0.1, 0.15) is 6.61 Å². The van der Waals surface area contributed by atoms with E-state index in [9.17, 15) is 14.4 Å². The molecule has 2 aromatic rings. The van der Waals surface area contributed by atoms with Gasteiger partial charge in [-0.15, -0.1) is 0 Å². The summed E-state index contributed by atoms with van der Waals surface area (Å²) in [5, 5.41) is 11.5. The lowest BCUT2D eigenvalue weighted by Crippen LogP contribution is -2.43. The molecule has 0 aromatic heterocycles. The van der Waals surface area contributed by atoms with Gasteiger partial charge in [-0.05, 0) is 41.5 Å². The third-order valence-corrected chi connectivity index (χ3v) is 6.08. The van der Waals surface area contributed by atoms with E-state index in [4.69, 9.17) is 9.84 Å². The Morgan fingerprint density at radius 2 is 1.62 bits per heavy atom. The highest BCUT2D eigenvalue weighted by atomic mass is 16.7. The van der Waals surface area contributed by atoms with E-state index < -0.39 is 18.7 Å². The van der Waals surface area contributed by atoms with E-state index in [1.165, 1.54) is 11.1 Å². The largest absolute Gasteiger partial charge is 0.479 e. The predicted octanol–water partition coefficient (Wildman–Crippen LogP) is 3.22. The van der Waals surface area contributed by atoms with Gasteiger partial charge in [0.25, 0.3) is 0 Å². The predicted molar refractivity (Wildman–Crippen MR) is 116 cm³/mol. The highest BCUT2D eigenvalue weighted by molar-refractivity contribution is 5.79. The minimum Gasteiger partial charge on any atom is -0.479 e. The summed E-state index contributed by atoms with van der Waals surface area (Å²) in [5.41, 5.74) is 6.81. The van der Waals surface area contributed by atoms with Gasteiger partial charge in [-0.1, -0.05) is 55.0 Å². The number of fused-ring (bicyclic) bond motifs is 3. The van der Waals surface area contributed by atoms with Crippen LogP contribution >= 0.6 is 0 Å². The number of hydroxylamine groups is 1. The number of carbonyl (C=O) groups excluding carboxylic acids is 2. The number of nitrogens with one attached hydrogen (secondary N) is 2. The summed E-state index contributed by atoms with van der Waals surface area (Å²) in [6.07, 6.45) is 2.13. The first kappa shape index (κ1) is 21.8. The topological polar surface area (TPSA) is 114 Å². The molecule has 2 amide bonds. The molecule has 0 heterocycles. The second-order valence-electron chi connectivity index (χ2n) is 8.18. The third-order valence-electron chi connectivity index (χ3n) is 6.08. The molecule has 1 fully saturated rings. The molecule has 2 aliphatic carbocycles. The quantitative estimate of drug-likeness (QED) is 0.572. The Balaban J connectivity index is 1.30. The number of alkyl carbamates (subject to hydrolysis) is 1. The van der Waals surface area contributed by atoms with E-state index in [0.29, 0.717) is 12.8 Å². The lowest BCUT2D eigenvalue weighted by atomic mass is 9.85. The molecule has 3 N–H and O–H groups in total. The zero-order valence-electron chi connectivity index (χ0n) is 17.6. The molecule has 0 aliphatic heterocycles. The molecule has 0 spiro atoms. The molecule has 168 valence electrons. The molecular formula is C24H26N2O6. The first-order valence-corrected chi connectivity index (χ1v) is 10.8. The molecule has 2 aliphatic rings. The third kappa shape index (κ3) is 4.91. The van der Waals surface area contributed by atoms with Gasteiger partial charge in [-0.3, -0.25) is 9.63 Å². The summed E-state index contributed by atoms with van der Waals surface area (Å²) in [6, 6.07) is 16.1. The van der Waals surface area contributed by atoms with Crippen molar-refractivity contribution in [3.63, 3.8) is 0 Å². The second-order valence-corrected chi connectivity index (χ2v) is 8.18. The fraction of sp³-hybridized carbons (Fsp3) is 0.375. The summed E-state index contributed by atoms with van der Waals surface area (Å²) < 4.78 is 5.59. The van der Waals surface area contributed by atoms with E-state index in [1.807, 2.05) is 24.3 Å². The average molecular weight is 438 g/mol. The normalized spacial score (nSPS) is 19.5. The number of carboxylic acids is 1. The van der Waals surface area contributed by atoms with Crippen LogP contribution in [0.3, 0.4) is 0 Å². The van der Waals surface area contributed by atoms with Crippen molar-refractivity contribution in [2.45, 2.75) is 37.6 Å². The number of hydrogen-bond acceptors (Lipinski definition) is 5. The van der Waals surface area contributed by atoms with E-state index in [1.54, 1.807) is 0 Å². The van der Waals surface area contributed by atoms with E-state index in [0.717, 1.165) is 24.0 Å². The number of aliphatic carboxylic acids is 1. The Morgan fingerprint density at radius 1 is 0.969 bits per heavy atom. The second kappa shape index (κ2) is 9.82. The highest BCUT2D eigenvalue weighted by Crippen LogP contribution is 2.44. The lowest BCUT2D eigenvalue weighted by molar-refractivity contribution is -0.151. The number of carboxylic acid groups (broad SMARTS) is 1. The van der Waals surface area contributed by atoms with Gasteiger partial charge in [0.15, 0.2) is 6.61 Å². The van der Waals surface area contributed by atoms with Gasteiger partial charge in [0, 0.05) is 17.9 Å². The lowest BCUT2D eigenvalue weighted by Gasteiger charge is -2.28. The average Bonchev–Trinajstić information content (AvgIpc) is 3.11. The molecule has 1 saturated carbocycles. The van der Waals surface area contributed by atoms with Crippen LogP contribution in [0.2, 0.25) is 0 Å². The van der Waals surface area contributed by atoms with Crippen LogP contribution in [0.1, 0.15) is 42.7 Å². The maximum absolute atomic E-state index is 12.5. The van der Waals surface area contributed by atoms with E-state index >= 15 is 0 Å². The van der Waals surface area contributed by atoms with Gasteiger partial charge in [0.2, 0.25) is 5.91 Å². The molecule has 2 atom stereocenters. The summed E-state index contributed by atoms with van der Waals surface area (Å²) >= 11 is 0. The van der Waals surface area contributed by atoms with Crippen molar-refractivity contribution >= 4 is 18.0 Å². The molecular weight excluding hydrogens is 412 g/mol.